The highest BCUT2D eigenvalue weighted by atomic mass is 32.1. The Morgan fingerprint density at radius 2 is 2.24 bits per heavy atom. The summed E-state index contributed by atoms with van der Waals surface area (Å²) in [6, 6.07) is 3.47. The van der Waals surface area contributed by atoms with Crippen LogP contribution in [-0.2, 0) is 17.6 Å². The molecule has 21 heavy (non-hydrogen) atoms. The van der Waals surface area contributed by atoms with Gasteiger partial charge in [0.05, 0.1) is 16.6 Å². The Labute approximate surface area is 124 Å². The number of thiazole rings is 1. The average Bonchev–Trinajstić information content (AvgIpc) is 2.83. The van der Waals surface area contributed by atoms with Crippen LogP contribution in [0.3, 0.4) is 0 Å². The Hall–Kier alpha value is -1.82. The minimum Gasteiger partial charge on any atom is -0.481 e. The molecular weight excluding hydrogens is 296 g/mol. The number of benzene rings is 1. The number of aliphatic carboxylic acids is 1. The predicted molar refractivity (Wildman–Crippen MR) is 74.6 cm³/mol. The largest absolute Gasteiger partial charge is 0.481 e. The van der Waals surface area contributed by atoms with Crippen molar-refractivity contribution in [1.29, 1.82) is 0 Å². The standard InChI is InChI=1S/C15H13F2NO2S/c16-9-5-4-8(11(17)7-9)6-13-18-14-10(15(19)20)2-1-3-12(14)21-13/h4-5,7,10H,1-3,6H2,(H,19,20). The highest BCUT2D eigenvalue weighted by Crippen LogP contribution is 2.35. The minimum absolute atomic E-state index is 0.260. The van der Waals surface area contributed by atoms with Crippen molar-refractivity contribution in [3.05, 3.63) is 51.0 Å². The summed E-state index contributed by atoms with van der Waals surface area (Å²) >= 11 is 1.43. The zero-order chi connectivity index (χ0) is 15.0. The van der Waals surface area contributed by atoms with E-state index in [1.165, 1.54) is 23.5 Å². The number of hydrogen-bond donors (Lipinski definition) is 1. The van der Waals surface area contributed by atoms with Crippen LogP contribution >= 0.6 is 11.3 Å². The lowest BCUT2D eigenvalue weighted by atomic mass is 9.91. The zero-order valence-corrected chi connectivity index (χ0v) is 11.9. The maximum atomic E-state index is 13.7. The average molecular weight is 309 g/mol. The van der Waals surface area contributed by atoms with Crippen molar-refractivity contribution in [2.45, 2.75) is 31.6 Å². The number of fused-ring (bicyclic) bond motifs is 1. The smallest absolute Gasteiger partial charge is 0.312 e. The Morgan fingerprint density at radius 3 is 2.95 bits per heavy atom. The molecule has 1 aliphatic rings. The second kappa shape index (κ2) is 5.52. The van der Waals surface area contributed by atoms with E-state index in [1.54, 1.807) is 0 Å². The van der Waals surface area contributed by atoms with E-state index in [2.05, 4.69) is 4.98 Å². The van der Waals surface area contributed by atoms with Gasteiger partial charge in [0.25, 0.3) is 0 Å². The van der Waals surface area contributed by atoms with Crippen LogP contribution in [-0.4, -0.2) is 16.1 Å². The number of aromatic nitrogens is 1. The van der Waals surface area contributed by atoms with Crippen molar-refractivity contribution < 1.29 is 18.7 Å². The summed E-state index contributed by atoms with van der Waals surface area (Å²) in [5.74, 6) is -2.63. The van der Waals surface area contributed by atoms with E-state index < -0.39 is 23.5 Å². The molecule has 0 amide bonds. The third kappa shape index (κ3) is 2.81. The van der Waals surface area contributed by atoms with Gasteiger partial charge >= 0.3 is 5.97 Å². The van der Waals surface area contributed by atoms with Crippen LogP contribution in [0.2, 0.25) is 0 Å². The van der Waals surface area contributed by atoms with Gasteiger partial charge in [0, 0.05) is 17.4 Å². The maximum Gasteiger partial charge on any atom is 0.312 e. The number of halogens is 2. The van der Waals surface area contributed by atoms with E-state index in [4.69, 9.17) is 0 Å². The molecule has 0 saturated heterocycles. The van der Waals surface area contributed by atoms with Crippen molar-refractivity contribution in [2.75, 3.05) is 0 Å². The predicted octanol–water partition coefficient (Wildman–Crippen LogP) is 3.52. The maximum absolute atomic E-state index is 13.7. The van der Waals surface area contributed by atoms with Crippen molar-refractivity contribution in [3.8, 4) is 0 Å². The molecule has 0 fully saturated rings. The summed E-state index contributed by atoms with van der Waals surface area (Å²) in [5.41, 5.74) is 0.991. The molecule has 2 aromatic rings. The van der Waals surface area contributed by atoms with Crippen molar-refractivity contribution >= 4 is 17.3 Å². The second-order valence-corrected chi connectivity index (χ2v) is 6.28. The van der Waals surface area contributed by atoms with Crippen LogP contribution in [0.15, 0.2) is 18.2 Å². The molecule has 110 valence electrons. The molecule has 0 radical (unpaired) electrons. The molecule has 0 bridgehead atoms. The number of carboxylic acids is 1. The van der Waals surface area contributed by atoms with Gasteiger partial charge in [-0.05, 0) is 30.9 Å². The number of nitrogens with zero attached hydrogens (tertiary/aromatic N) is 1. The molecule has 1 aromatic carbocycles. The van der Waals surface area contributed by atoms with Gasteiger partial charge in [-0.15, -0.1) is 11.3 Å². The lowest BCUT2D eigenvalue weighted by molar-refractivity contribution is -0.139. The molecule has 3 nitrogen and oxygen atoms in total. The first-order chi connectivity index (χ1) is 10.0. The van der Waals surface area contributed by atoms with E-state index in [0.29, 0.717) is 22.7 Å². The normalized spacial score (nSPS) is 17.5. The van der Waals surface area contributed by atoms with Crippen molar-refractivity contribution in [2.24, 2.45) is 0 Å². The molecule has 6 heteroatoms. The lowest BCUT2D eigenvalue weighted by Crippen LogP contribution is -2.17. The van der Waals surface area contributed by atoms with Gasteiger partial charge in [0.1, 0.15) is 11.6 Å². The Kier molecular flexibility index (Phi) is 3.71. The number of carboxylic acid groups (broad SMARTS) is 1. The highest BCUT2D eigenvalue weighted by Gasteiger charge is 2.29. The zero-order valence-electron chi connectivity index (χ0n) is 11.1. The Morgan fingerprint density at radius 1 is 1.43 bits per heavy atom. The number of carbonyl (C=O) groups is 1. The molecule has 0 saturated carbocycles. The van der Waals surface area contributed by atoms with Crippen LogP contribution < -0.4 is 0 Å². The van der Waals surface area contributed by atoms with Gasteiger partial charge < -0.3 is 5.11 Å². The molecule has 0 aliphatic heterocycles. The third-order valence-electron chi connectivity index (χ3n) is 3.65. The number of aryl methyl sites for hydroxylation is 1. The van der Waals surface area contributed by atoms with Crippen LogP contribution in [0, 0.1) is 11.6 Å². The number of hydrogen-bond acceptors (Lipinski definition) is 3. The third-order valence-corrected chi connectivity index (χ3v) is 4.78. The second-order valence-electron chi connectivity index (χ2n) is 5.11. The van der Waals surface area contributed by atoms with Gasteiger partial charge in [-0.25, -0.2) is 13.8 Å². The summed E-state index contributed by atoms with van der Waals surface area (Å²) in [7, 11) is 0. The highest BCUT2D eigenvalue weighted by molar-refractivity contribution is 7.11. The molecule has 1 aliphatic carbocycles. The Balaban J connectivity index is 1.89. The van der Waals surface area contributed by atoms with E-state index in [-0.39, 0.29) is 6.42 Å². The molecular formula is C15H13F2NO2S. The van der Waals surface area contributed by atoms with Crippen LogP contribution in [0.25, 0.3) is 0 Å². The fraction of sp³-hybridized carbons (Fsp3) is 0.333. The quantitative estimate of drug-likeness (QED) is 0.944. The SMILES string of the molecule is O=C(O)C1CCCc2sc(Cc3ccc(F)cc3F)nc21. The van der Waals surface area contributed by atoms with Gasteiger partial charge in [-0.2, -0.15) is 0 Å². The van der Waals surface area contributed by atoms with Gasteiger partial charge in [-0.1, -0.05) is 6.07 Å². The first-order valence-corrected chi connectivity index (χ1v) is 7.51. The van der Waals surface area contributed by atoms with Crippen LogP contribution in [0.5, 0.6) is 0 Å². The topological polar surface area (TPSA) is 50.2 Å². The fourth-order valence-electron chi connectivity index (χ4n) is 2.61. The molecule has 1 aromatic heterocycles. The summed E-state index contributed by atoms with van der Waals surface area (Å²) in [6.07, 6.45) is 2.51. The first-order valence-electron chi connectivity index (χ1n) is 6.70. The summed E-state index contributed by atoms with van der Waals surface area (Å²) in [6.45, 7) is 0. The van der Waals surface area contributed by atoms with Crippen LogP contribution in [0.1, 0.15) is 39.9 Å². The summed E-state index contributed by atoms with van der Waals surface area (Å²) < 4.78 is 26.6. The van der Waals surface area contributed by atoms with Gasteiger partial charge in [-0.3, -0.25) is 4.79 Å². The monoisotopic (exact) mass is 309 g/mol. The molecule has 0 spiro atoms. The van der Waals surface area contributed by atoms with E-state index in [0.717, 1.165) is 23.8 Å². The fourth-order valence-corrected chi connectivity index (χ4v) is 3.81. The minimum atomic E-state index is -0.860. The molecule has 3 rings (SSSR count). The first kappa shape index (κ1) is 14.1. The molecule has 1 N–H and O–H groups in total. The van der Waals surface area contributed by atoms with E-state index in [9.17, 15) is 18.7 Å². The lowest BCUT2D eigenvalue weighted by Gasteiger charge is -2.16. The molecule has 1 unspecified atom stereocenters. The Bertz CT molecular complexity index is 699. The molecule has 1 atom stereocenters. The summed E-state index contributed by atoms with van der Waals surface area (Å²) in [4.78, 5) is 16.6. The van der Waals surface area contributed by atoms with Crippen molar-refractivity contribution in [3.63, 3.8) is 0 Å². The molecule has 1 heterocycles. The van der Waals surface area contributed by atoms with Crippen LogP contribution in [0.4, 0.5) is 8.78 Å². The van der Waals surface area contributed by atoms with E-state index in [1.807, 2.05) is 0 Å². The summed E-state index contributed by atoms with van der Waals surface area (Å²) in [5, 5.41) is 9.90. The van der Waals surface area contributed by atoms with Crippen molar-refractivity contribution in [1.82, 2.24) is 4.98 Å². The van der Waals surface area contributed by atoms with Gasteiger partial charge in [0.2, 0.25) is 0 Å². The van der Waals surface area contributed by atoms with E-state index >= 15 is 0 Å². The van der Waals surface area contributed by atoms with Gasteiger partial charge in [0.15, 0.2) is 0 Å². The number of rotatable bonds is 3.